The molecule has 0 aliphatic carbocycles. The summed E-state index contributed by atoms with van der Waals surface area (Å²) < 4.78 is 28.9. The smallest absolute Gasteiger partial charge is 0.183 e. The van der Waals surface area contributed by atoms with Crippen molar-refractivity contribution in [1.29, 1.82) is 0 Å². The lowest BCUT2D eigenvalue weighted by molar-refractivity contribution is 0.0684. The Morgan fingerprint density at radius 1 is 1.25 bits per heavy atom. The number of rotatable bonds is 3. The lowest BCUT2D eigenvalue weighted by atomic mass is 10.1. The molecule has 1 unspecified atom stereocenters. The Balaban J connectivity index is 1.77. The molecule has 20 heavy (non-hydrogen) atoms. The number of halogens is 2. The molecule has 108 valence electrons. The van der Waals surface area contributed by atoms with Gasteiger partial charge in [0.25, 0.3) is 0 Å². The number of hydrogen-bond acceptors (Lipinski definition) is 2. The number of benzene rings is 1. The third-order valence-electron chi connectivity index (χ3n) is 4.01. The molecule has 1 atom stereocenters. The topological polar surface area (TPSA) is 28.4 Å². The zero-order valence-corrected chi connectivity index (χ0v) is 11.4. The monoisotopic (exact) mass is 280 g/mol. The summed E-state index contributed by atoms with van der Waals surface area (Å²) >= 11 is 0. The van der Waals surface area contributed by atoms with Crippen LogP contribution in [0.3, 0.4) is 0 Å². The molecule has 2 heterocycles. The number of fused-ring (bicyclic) bond motifs is 1. The van der Waals surface area contributed by atoms with Crippen LogP contribution in [0.4, 0.5) is 8.78 Å². The molecule has 0 saturated carbocycles. The number of hydrogen-bond donors (Lipinski definition) is 1. The minimum absolute atomic E-state index is 0.316. The van der Waals surface area contributed by atoms with Gasteiger partial charge in [-0.25, -0.2) is 8.78 Å². The number of aromatic nitrogens is 1. The fraction of sp³-hybridized carbons (Fsp3) is 0.467. The van der Waals surface area contributed by atoms with E-state index in [4.69, 9.17) is 0 Å². The molecule has 0 amide bonds. The van der Waals surface area contributed by atoms with Crippen LogP contribution in [0.1, 0.15) is 13.3 Å². The average Bonchev–Trinajstić information content (AvgIpc) is 2.95. The molecule has 3 rings (SSSR count). The third kappa shape index (κ3) is 2.43. The standard InChI is InChI=1S/C15H18F2N2O/c1-15(20)5-7-18(10-15)8-9-19-6-4-11-2-3-12(16)13(17)14(11)19/h2-4,6,20H,5,7-10H2,1H3. The molecule has 1 aliphatic rings. The zero-order chi connectivity index (χ0) is 14.3. The quantitative estimate of drug-likeness (QED) is 0.935. The molecular weight excluding hydrogens is 262 g/mol. The first kappa shape index (κ1) is 13.5. The summed E-state index contributed by atoms with van der Waals surface area (Å²) in [6.45, 7) is 4.59. The largest absolute Gasteiger partial charge is 0.389 e. The van der Waals surface area contributed by atoms with Crippen LogP contribution in [0, 0.1) is 11.6 Å². The summed E-state index contributed by atoms with van der Waals surface area (Å²) in [5.41, 5.74) is -0.313. The summed E-state index contributed by atoms with van der Waals surface area (Å²) in [5, 5.41) is 10.6. The van der Waals surface area contributed by atoms with Gasteiger partial charge in [0.2, 0.25) is 0 Å². The van der Waals surface area contributed by atoms with Gasteiger partial charge in [-0.15, -0.1) is 0 Å². The molecule has 5 heteroatoms. The van der Waals surface area contributed by atoms with Crippen molar-refractivity contribution in [3.8, 4) is 0 Å². The number of aliphatic hydroxyl groups is 1. The van der Waals surface area contributed by atoms with Crippen LogP contribution in [0.25, 0.3) is 10.9 Å². The molecule has 0 spiro atoms. The van der Waals surface area contributed by atoms with Gasteiger partial charge in [0.05, 0.1) is 11.1 Å². The Kier molecular flexibility index (Phi) is 3.26. The van der Waals surface area contributed by atoms with Gasteiger partial charge in [0.15, 0.2) is 11.6 Å². The van der Waals surface area contributed by atoms with Crippen LogP contribution in [-0.4, -0.2) is 39.8 Å². The summed E-state index contributed by atoms with van der Waals surface area (Å²) in [5.74, 6) is -1.61. The molecule has 1 aliphatic heterocycles. The van der Waals surface area contributed by atoms with Crippen molar-refractivity contribution in [2.24, 2.45) is 0 Å². The van der Waals surface area contributed by atoms with E-state index in [1.54, 1.807) is 22.9 Å². The Bertz CT molecular complexity index is 636. The lowest BCUT2D eigenvalue weighted by Gasteiger charge is -2.19. The Hall–Kier alpha value is -1.46. The van der Waals surface area contributed by atoms with Crippen LogP contribution in [-0.2, 0) is 6.54 Å². The summed E-state index contributed by atoms with van der Waals surface area (Å²) in [4.78, 5) is 2.14. The summed E-state index contributed by atoms with van der Waals surface area (Å²) in [7, 11) is 0. The maximum absolute atomic E-state index is 13.9. The number of likely N-dealkylation sites (tertiary alicyclic amines) is 1. The molecule has 2 aromatic rings. The molecule has 1 saturated heterocycles. The fourth-order valence-corrected chi connectivity index (χ4v) is 2.89. The average molecular weight is 280 g/mol. The van der Waals surface area contributed by atoms with Crippen LogP contribution in [0.15, 0.2) is 24.4 Å². The number of nitrogens with zero attached hydrogens (tertiary/aromatic N) is 2. The first-order chi connectivity index (χ1) is 9.46. The first-order valence-electron chi connectivity index (χ1n) is 6.84. The van der Waals surface area contributed by atoms with Crippen molar-refractivity contribution in [2.75, 3.05) is 19.6 Å². The van der Waals surface area contributed by atoms with E-state index < -0.39 is 17.2 Å². The molecule has 1 aromatic carbocycles. The highest BCUT2D eigenvalue weighted by atomic mass is 19.2. The van der Waals surface area contributed by atoms with E-state index >= 15 is 0 Å². The van der Waals surface area contributed by atoms with Gasteiger partial charge in [-0.05, 0) is 31.5 Å². The third-order valence-corrected chi connectivity index (χ3v) is 4.01. The Labute approximate surface area is 116 Å². The van der Waals surface area contributed by atoms with Gasteiger partial charge in [0.1, 0.15) is 0 Å². The highest BCUT2D eigenvalue weighted by Gasteiger charge is 2.30. The molecule has 1 aromatic heterocycles. The van der Waals surface area contributed by atoms with Crippen molar-refractivity contribution >= 4 is 10.9 Å². The second-order valence-electron chi connectivity index (χ2n) is 5.83. The lowest BCUT2D eigenvalue weighted by Crippen LogP contribution is -2.31. The summed E-state index contributed by atoms with van der Waals surface area (Å²) in [6, 6.07) is 4.53. The van der Waals surface area contributed by atoms with Crippen LogP contribution >= 0.6 is 0 Å². The number of β-amino-alcohol motifs (C(OH)–C–C–N with tert-alkyl or cyclic N) is 1. The van der Waals surface area contributed by atoms with Crippen LogP contribution in [0.5, 0.6) is 0 Å². The van der Waals surface area contributed by atoms with Crippen molar-refractivity contribution in [2.45, 2.75) is 25.5 Å². The second kappa shape index (κ2) is 4.82. The van der Waals surface area contributed by atoms with Crippen LogP contribution in [0.2, 0.25) is 0 Å². The fourth-order valence-electron chi connectivity index (χ4n) is 2.89. The highest BCUT2D eigenvalue weighted by molar-refractivity contribution is 5.80. The SMILES string of the molecule is CC1(O)CCN(CCn2ccc3ccc(F)c(F)c32)C1. The maximum atomic E-state index is 13.9. The highest BCUT2D eigenvalue weighted by Crippen LogP contribution is 2.23. The van der Waals surface area contributed by atoms with Gasteiger partial charge >= 0.3 is 0 Å². The van der Waals surface area contributed by atoms with Gasteiger partial charge in [-0.1, -0.05) is 0 Å². The first-order valence-corrected chi connectivity index (χ1v) is 6.84. The van der Waals surface area contributed by atoms with E-state index in [-0.39, 0.29) is 0 Å². The van der Waals surface area contributed by atoms with Crippen molar-refractivity contribution in [3.05, 3.63) is 36.0 Å². The van der Waals surface area contributed by atoms with Crippen LogP contribution < -0.4 is 0 Å². The van der Waals surface area contributed by atoms with E-state index in [0.717, 1.165) is 25.6 Å². The normalized spacial score (nSPS) is 23.8. The van der Waals surface area contributed by atoms with Crippen molar-refractivity contribution < 1.29 is 13.9 Å². The molecule has 1 N–H and O–H groups in total. The molecule has 3 nitrogen and oxygen atoms in total. The van der Waals surface area contributed by atoms with Gasteiger partial charge in [-0.3, -0.25) is 4.90 Å². The van der Waals surface area contributed by atoms with E-state index in [1.807, 2.05) is 6.92 Å². The molecule has 1 fully saturated rings. The van der Waals surface area contributed by atoms with E-state index in [0.29, 0.717) is 24.0 Å². The summed E-state index contributed by atoms with van der Waals surface area (Å²) in [6.07, 6.45) is 2.53. The zero-order valence-electron chi connectivity index (χ0n) is 11.4. The van der Waals surface area contributed by atoms with E-state index in [9.17, 15) is 13.9 Å². The molecule has 0 radical (unpaired) electrons. The Morgan fingerprint density at radius 3 is 2.75 bits per heavy atom. The van der Waals surface area contributed by atoms with E-state index in [1.165, 1.54) is 0 Å². The Morgan fingerprint density at radius 2 is 2.05 bits per heavy atom. The predicted molar refractivity (Wildman–Crippen MR) is 73.5 cm³/mol. The minimum atomic E-state index is -0.818. The van der Waals surface area contributed by atoms with Gasteiger partial charge < -0.3 is 9.67 Å². The molecular formula is C15H18F2N2O. The van der Waals surface area contributed by atoms with Gasteiger partial charge in [0, 0.05) is 37.8 Å². The van der Waals surface area contributed by atoms with E-state index in [2.05, 4.69) is 4.90 Å². The van der Waals surface area contributed by atoms with Crippen molar-refractivity contribution in [3.63, 3.8) is 0 Å². The van der Waals surface area contributed by atoms with Gasteiger partial charge in [-0.2, -0.15) is 0 Å². The minimum Gasteiger partial charge on any atom is -0.389 e. The molecule has 0 bridgehead atoms. The maximum Gasteiger partial charge on any atom is 0.183 e. The second-order valence-corrected chi connectivity index (χ2v) is 5.83. The predicted octanol–water partition coefficient (Wildman–Crippen LogP) is 2.38. The van der Waals surface area contributed by atoms with Crippen molar-refractivity contribution in [1.82, 2.24) is 9.47 Å².